The number of aliphatic hydroxyl groups excluding tert-OH is 1. The van der Waals surface area contributed by atoms with Crippen LogP contribution in [-0.4, -0.2) is 30.0 Å². The number of pyridine rings is 3. The molecular formula is C18H17N5O. The van der Waals surface area contributed by atoms with Gasteiger partial charge >= 0.3 is 0 Å². The lowest BCUT2D eigenvalue weighted by Crippen LogP contribution is -2.00. The predicted octanol–water partition coefficient (Wildman–Crippen LogP) is 3.32. The maximum Gasteiger partial charge on any atom is 0.180 e. The summed E-state index contributed by atoms with van der Waals surface area (Å²) in [5.41, 5.74) is 5.16. The van der Waals surface area contributed by atoms with Crippen molar-refractivity contribution in [1.82, 2.24) is 24.9 Å². The molecule has 120 valence electrons. The second-order valence-electron chi connectivity index (χ2n) is 5.87. The molecular weight excluding hydrogens is 302 g/mol. The molecule has 0 unspecified atom stereocenters. The molecule has 4 rings (SSSR count). The molecule has 24 heavy (non-hydrogen) atoms. The zero-order chi connectivity index (χ0) is 16.7. The van der Waals surface area contributed by atoms with Gasteiger partial charge in [0, 0.05) is 40.6 Å². The van der Waals surface area contributed by atoms with E-state index in [1.54, 1.807) is 6.20 Å². The first kappa shape index (κ1) is 14.7. The molecule has 6 heteroatoms. The number of aromatic nitrogens is 5. The third-order valence-corrected chi connectivity index (χ3v) is 4.29. The Kier molecular flexibility index (Phi) is 3.46. The quantitative estimate of drug-likeness (QED) is 0.605. The van der Waals surface area contributed by atoms with E-state index in [1.165, 1.54) is 6.33 Å². The van der Waals surface area contributed by atoms with E-state index in [0.29, 0.717) is 17.8 Å². The van der Waals surface area contributed by atoms with E-state index in [0.717, 1.165) is 33.1 Å². The second kappa shape index (κ2) is 5.65. The third-order valence-electron chi connectivity index (χ3n) is 4.29. The van der Waals surface area contributed by atoms with Gasteiger partial charge in [-0.15, -0.1) is 0 Å². The highest BCUT2D eigenvalue weighted by molar-refractivity contribution is 6.02. The lowest BCUT2D eigenvalue weighted by molar-refractivity contribution is 0.169. The molecule has 1 atom stereocenters. The fraction of sp³-hybridized carbons (Fsp3) is 0.222. The lowest BCUT2D eigenvalue weighted by Gasteiger charge is -2.12. The Morgan fingerprint density at radius 3 is 2.79 bits per heavy atom. The summed E-state index contributed by atoms with van der Waals surface area (Å²) in [4.78, 5) is 20.5. The molecule has 0 aliphatic heterocycles. The smallest absolute Gasteiger partial charge is 0.180 e. The van der Waals surface area contributed by atoms with Crippen molar-refractivity contribution in [2.45, 2.75) is 26.4 Å². The van der Waals surface area contributed by atoms with Crippen LogP contribution >= 0.6 is 0 Å². The number of nitrogens with one attached hydrogen (secondary N) is 1. The summed E-state index contributed by atoms with van der Waals surface area (Å²) in [5.74, 6) is 0. The van der Waals surface area contributed by atoms with Crippen molar-refractivity contribution >= 4 is 21.9 Å². The third kappa shape index (κ3) is 2.32. The maximum absolute atomic E-state index is 9.95. The summed E-state index contributed by atoms with van der Waals surface area (Å²) in [7, 11) is 0. The molecule has 0 amide bonds. The highest BCUT2D eigenvalue weighted by Crippen LogP contribution is 2.28. The van der Waals surface area contributed by atoms with E-state index in [1.807, 2.05) is 38.4 Å². The van der Waals surface area contributed by atoms with Gasteiger partial charge in [0.05, 0.1) is 11.8 Å². The molecule has 4 aromatic rings. The molecule has 0 spiro atoms. The van der Waals surface area contributed by atoms with Crippen molar-refractivity contribution in [2.24, 2.45) is 0 Å². The summed E-state index contributed by atoms with van der Waals surface area (Å²) in [6, 6.07) is 3.97. The van der Waals surface area contributed by atoms with Crippen LogP contribution in [0.5, 0.6) is 0 Å². The minimum absolute atomic E-state index is 0.522. The van der Waals surface area contributed by atoms with Crippen LogP contribution in [0.1, 0.15) is 30.7 Å². The van der Waals surface area contributed by atoms with Crippen molar-refractivity contribution in [2.75, 3.05) is 0 Å². The molecule has 2 N–H and O–H groups in total. The van der Waals surface area contributed by atoms with Crippen LogP contribution in [0.15, 0.2) is 37.1 Å². The molecule has 0 saturated heterocycles. The van der Waals surface area contributed by atoms with Crippen molar-refractivity contribution in [3.05, 3.63) is 48.3 Å². The Morgan fingerprint density at radius 2 is 2.00 bits per heavy atom. The van der Waals surface area contributed by atoms with Gasteiger partial charge in [-0.25, -0.2) is 15.0 Å². The standard InChI is InChI=1S/C18H17N5O/c1-3-16(24)15-4-10(2)12(7-20-15)14-5-11-6-21-18-17(22-9-23-18)13(11)8-19-14/h4-9,16,19,24H,3H2,1-2H3/t16-/m1/s1. The summed E-state index contributed by atoms with van der Waals surface area (Å²) in [6.07, 6.45) is 7.19. The zero-order valence-electron chi connectivity index (χ0n) is 13.5. The molecule has 0 aliphatic rings. The van der Waals surface area contributed by atoms with E-state index in [2.05, 4.69) is 24.9 Å². The highest BCUT2D eigenvalue weighted by Gasteiger charge is 2.11. The molecule has 4 aromatic heterocycles. The van der Waals surface area contributed by atoms with Gasteiger partial charge in [0.25, 0.3) is 0 Å². The number of fused-ring (bicyclic) bond motifs is 3. The summed E-state index contributed by atoms with van der Waals surface area (Å²) >= 11 is 0. The molecule has 6 nitrogen and oxygen atoms in total. The molecule has 0 aliphatic carbocycles. The van der Waals surface area contributed by atoms with Crippen molar-refractivity contribution in [1.29, 1.82) is 0 Å². The van der Waals surface area contributed by atoms with Gasteiger partial charge in [0.15, 0.2) is 5.65 Å². The van der Waals surface area contributed by atoms with Gasteiger partial charge in [0.2, 0.25) is 0 Å². The van der Waals surface area contributed by atoms with Crippen molar-refractivity contribution in [3.8, 4) is 11.3 Å². The number of hydrogen-bond donors (Lipinski definition) is 2. The van der Waals surface area contributed by atoms with Gasteiger partial charge in [-0.1, -0.05) is 6.92 Å². The first-order valence-corrected chi connectivity index (χ1v) is 7.90. The highest BCUT2D eigenvalue weighted by atomic mass is 16.3. The summed E-state index contributed by atoms with van der Waals surface area (Å²) < 4.78 is 0. The molecule has 0 fully saturated rings. The Labute approximate surface area is 138 Å². The van der Waals surface area contributed by atoms with Crippen LogP contribution in [0.4, 0.5) is 0 Å². The van der Waals surface area contributed by atoms with Crippen LogP contribution in [0, 0.1) is 6.92 Å². The van der Waals surface area contributed by atoms with E-state index in [9.17, 15) is 5.11 Å². The predicted molar refractivity (Wildman–Crippen MR) is 92.4 cm³/mol. The Bertz CT molecular complexity index is 1040. The van der Waals surface area contributed by atoms with E-state index in [4.69, 9.17) is 0 Å². The Balaban J connectivity index is 1.83. The lowest BCUT2D eigenvalue weighted by atomic mass is 10.0. The van der Waals surface area contributed by atoms with Gasteiger partial charge < -0.3 is 10.1 Å². The number of aromatic amines is 1. The summed E-state index contributed by atoms with van der Waals surface area (Å²) in [5, 5.41) is 11.9. The topological polar surface area (TPSA) is 87.6 Å². The van der Waals surface area contributed by atoms with Crippen LogP contribution in [-0.2, 0) is 0 Å². The number of aryl methyl sites for hydroxylation is 1. The number of aliphatic hydroxyl groups is 1. The minimum Gasteiger partial charge on any atom is -0.387 e. The van der Waals surface area contributed by atoms with E-state index in [-0.39, 0.29) is 0 Å². The monoisotopic (exact) mass is 319 g/mol. The van der Waals surface area contributed by atoms with Crippen LogP contribution in [0.25, 0.3) is 33.2 Å². The van der Waals surface area contributed by atoms with Gasteiger partial charge in [0.1, 0.15) is 11.8 Å². The van der Waals surface area contributed by atoms with Gasteiger partial charge in [-0.3, -0.25) is 4.98 Å². The Morgan fingerprint density at radius 1 is 1.12 bits per heavy atom. The number of nitrogens with zero attached hydrogens (tertiary/aromatic N) is 4. The largest absolute Gasteiger partial charge is 0.387 e. The van der Waals surface area contributed by atoms with Gasteiger partial charge in [-0.05, 0) is 31.0 Å². The number of imidazole rings is 1. The van der Waals surface area contributed by atoms with E-state index < -0.39 is 6.10 Å². The summed E-state index contributed by atoms with van der Waals surface area (Å²) in [6.45, 7) is 3.96. The molecule has 0 aromatic carbocycles. The number of hydrogen-bond acceptors (Lipinski definition) is 5. The molecule has 0 bridgehead atoms. The first-order chi connectivity index (χ1) is 11.7. The average Bonchev–Trinajstić information content (AvgIpc) is 3.09. The number of rotatable bonds is 3. The minimum atomic E-state index is -0.522. The first-order valence-electron chi connectivity index (χ1n) is 7.90. The molecule has 0 saturated carbocycles. The van der Waals surface area contributed by atoms with Crippen molar-refractivity contribution < 1.29 is 5.11 Å². The maximum atomic E-state index is 9.95. The van der Waals surface area contributed by atoms with Gasteiger partial charge in [-0.2, -0.15) is 0 Å². The van der Waals surface area contributed by atoms with Crippen LogP contribution in [0.3, 0.4) is 0 Å². The van der Waals surface area contributed by atoms with Crippen LogP contribution in [0.2, 0.25) is 0 Å². The molecule has 0 radical (unpaired) electrons. The van der Waals surface area contributed by atoms with E-state index >= 15 is 0 Å². The van der Waals surface area contributed by atoms with Crippen molar-refractivity contribution in [3.63, 3.8) is 0 Å². The SMILES string of the molecule is CC[C@@H](O)c1cc(C)c(-c2cc3cnc4ncnc4c3c[nH]2)cn1. The van der Waals surface area contributed by atoms with Crippen LogP contribution < -0.4 is 0 Å². The Hall–Kier alpha value is -2.86. The zero-order valence-corrected chi connectivity index (χ0v) is 13.5. The normalized spacial score (nSPS) is 12.8. The fourth-order valence-electron chi connectivity index (χ4n) is 2.90. The fourth-order valence-corrected chi connectivity index (χ4v) is 2.90. The number of H-pyrrole nitrogens is 1. The average molecular weight is 319 g/mol. The molecule has 4 heterocycles. The second-order valence-corrected chi connectivity index (χ2v) is 5.87.